The van der Waals surface area contributed by atoms with E-state index >= 15 is 0 Å². The molecule has 1 aliphatic heterocycles. The van der Waals surface area contributed by atoms with E-state index in [2.05, 4.69) is 37.7 Å². The maximum Gasteiger partial charge on any atom is 0.223 e. The Morgan fingerprint density at radius 3 is 3.09 bits per heavy atom. The minimum absolute atomic E-state index is 0.528. The molecule has 3 heterocycles. The van der Waals surface area contributed by atoms with E-state index < -0.39 is 0 Å². The molecule has 0 bridgehead atoms. The zero-order valence-corrected chi connectivity index (χ0v) is 12.3. The summed E-state index contributed by atoms with van der Waals surface area (Å²) in [4.78, 5) is 12.3. The number of nitrogens with zero attached hydrogens (tertiary/aromatic N) is 2. The van der Waals surface area contributed by atoms with Gasteiger partial charge in [-0.1, -0.05) is 18.2 Å². The molecule has 3 N–H and O–H groups in total. The maximum absolute atomic E-state index is 4.66. The van der Waals surface area contributed by atoms with E-state index in [1.165, 1.54) is 18.2 Å². The standard InChI is InChI=1S/C17H19N5/c1-2-6-15-13(5-1)14(11-20-15)16-7-9-19-17(22-16)21-10-12-4-3-8-18-12/h1-2,5-7,9,11-12,18,20H,3-4,8,10H2,(H,19,21,22)/t12-/m1/s1. The van der Waals surface area contributed by atoms with Crippen molar-refractivity contribution in [2.75, 3.05) is 18.4 Å². The van der Waals surface area contributed by atoms with Gasteiger partial charge in [0.05, 0.1) is 5.69 Å². The Balaban J connectivity index is 1.58. The van der Waals surface area contributed by atoms with Crippen molar-refractivity contribution in [3.8, 4) is 11.3 Å². The first kappa shape index (κ1) is 13.3. The van der Waals surface area contributed by atoms with Gasteiger partial charge >= 0.3 is 0 Å². The molecule has 3 aromatic rings. The largest absolute Gasteiger partial charge is 0.360 e. The van der Waals surface area contributed by atoms with Crippen LogP contribution in [0.4, 0.5) is 5.95 Å². The lowest BCUT2D eigenvalue weighted by atomic mass is 10.1. The summed E-state index contributed by atoms with van der Waals surface area (Å²) in [5.74, 6) is 0.691. The average Bonchev–Trinajstić information content (AvgIpc) is 3.23. The van der Waals surface area contributed by atoms with Gasteiger partial charge in [-0.2, -0.15) is 0 Å². The molecular formula is C17H19N5. The fraction of sp³-hybridized carbons (Fsp3) is 0.294. The molecule has 1 aromatic carbocycles. The number of hydrogen-bond acceptors (Lipinski definition) is 4. The van der Waals surface area contributed by atoms with E-state index in [1.54, 1.807) is 0 Å². The first-order chi connectivity index (χ1) is 10.9. The molecular weight excluding hydrogens is 274 g/mol. The SMILES string of the molecule is c1ccc2c(-c3ccnc(NC[C@H]4CCCN4)n3)c[nH]c2c1. The lowest BCUT2D eigenvalue weighted by molar-refractivity contribution is 0.631. The monoisotopic (exact) mass is 293 g/mol. The van der Waals surface area contributed by atoms with Crippen LogP contribution in [-0.4, -0.2) is 34.1 Å². The number of rotatable bonds is 4. The summed E-state index contributed by atoms with van der Waals surface area (Å²) in [6.07, 6.45) is 6.29. The van der Waals surface area contributed by atoms with E-state index in [4.69, 9.17) is 0 Å². The van der Waals surface area contributed by atoms with Crippen LogP contribution in [0.25, 0.3) is 22.2 Å². The Morgan fingerprint density at radius 2 is 2.18 bits per heavy atom. The summed E-state index contributed by atoms with van der Waals surface area (Å²) in [7, 11) is 0. The van der Waals surface area contributed by atoms with Gasteiger partial charge in [0.2, 0.25) is 5.95 Å². The molecule has 0 unspecified atom stereocenters. The quantitative estimate of drug-likeness (QED) is 0.692. The van der Waals surface area contributed by atoms with Gasteiger partial charge in [0.15, 0.2) is 0 Å². The molecule has 4 rings (SSSR count). The van der Waals surface area contributed by atoms with Gasteiger partial charge in [0.1, 0.15) is 0 Å². The number of fused-ring (bicyclic) bond motifs is 1. The summed E-state index contributed by atoms with van der Waals surface area (Å²) in [6.45, 7) is 1.99. The first-order valence-corrected chi connectivity index (χ1v) is 7.77. The molecule has 1 fully saturated rings. The average molecular weight is 293 g/mol. The number of para-hydroxylation sites is 1. The Kier molecular flexibility index (Phi) is 3.48. The smallest absolute Gasteiger partial charge is 0.223 e. The molecule has 0 spiro atoms. The molecule has 5 nitrogen and oxygen atoms in total. The molecule has 1 atom stereocenters. The van der Waals surface area contributed by atoms with Crippen LogP contribution in [-0.2, 0) is 0 Å². The van der Waals surface area contributed by atoms with Crippen molar-refractivity contribution < 1.29 is 0 Å². The Labute approximate surface area is 129 Å². The van der Waals surface area contributed by atoms with Gasteiger partial charge < -0.3 is 15.6 Å². The van der Waals surface area contributed by atoms with Crippen LogP contribution >= 0.6 is 0 Å². The summed E-state index contributed by atoms with van der Waals surface area (Å²) >= 11 is 0. The second kappa shape index (κ2) is 5.77. The second-order valence-electron chi connectivity index (χ2n) is 5.69. The van der Waals surface area contributed by atoms with Crippen molar-refractivity contribution in [2.24, 2.45) is 0 Å². The number of aromatic amines is 1. The summed E-state index contributed by atoms with van der Waals surface area (Å²) in [5.41, 5.74) is 3.18. The van der Waals surface area contributed by atoms with E-state index in [-0.39, 0.29) is 0 Å². The number of nitrogens with one attached hydrogen (secondary N) is 3. The summed E-state index contributed by atoms with van der Waals surface area (Å²) < 4.78 is 0. The molecule has 112 valence electrons. The highest BCUT2D eigenvalue weighted by molar-refractivity contribution is 5.94. The molecule has 0 radical (unpaired) electrons. The molecule has 1 aliphatic rings. The third kappa shape index (κ3) is 2.55. The van der Waals surface area contributed by atoms with Crippen molar-refractivity contribution in [1.82, 2.24) is 20.3 Å². The lowest BCUT2D eigenvalue weighted by Gasteiger charge is -2.11. The molecule has 0 saturated carbocycles. The van der Waals surface area contributed by atoms with Gasteiger partial charge in [-0.15, -0.1) is 0 Å². The fourth-order valence-corrected chi connectivity index (χ4v) is 3.02. The number of aromatic nitrogens is 3. The Bertz CT molecular complexity index is 773. The number of H-pyrrole nitrogens is 1. The van der Waals surface area contributed by atoms with Crippen LogP contribution in [0.15, 0.2) is 42.7 Å². The topological polar surface area (TPSA) is 65.6 Å². The van der Waals surface area contributed by atoms with Gasteiger partial charge in [-0.3, -0.25) is 0 Å². The summed E-state index contributed by atoms with van der Waals surface area (Å²) in [6, 6.07) is 10.7. The molecule has 0 amide bonds. The maximum atomic E-state index is 4.66. The molecule has 2 aromatic heterocycles. The Morgan fingerprint density at radius 1 is 1.23 bits per heavy atom. The van der Waals surface area contributed by atoms with Crippen LogP contribution in [0.1, 0.15) is 12.8 Å². The number of anilines is 1. The van der Waals surface area contributed by atoms with Crippen LogP contribution in [0.5, 0.6) is 0 Å². The van der Waals surface area contributed by atoms with Crippen LogP contribution in [0, 0.1) is 0 Å². The minimum Gasteiger partial charge on any atom is -0.360 e. The molecule has 5 heteroatoms. The zero-order valence-electron chi connectivity index (χ0n) is 12.3. The molecule has 22 heavy (non-hydrogen) atoms. The second-order valence-corrected chi connectivity index (χ2v) is 5.69. The van der Waals surface area contributed by atoms with Gasteiger partial charge in [0.25, 0.3) is 0 Å². The van der Waals surface area contributed by atoms with E-state index in [1.807, 2.05) is 30.6 Å². The van der Waals surface area contributed by atoms with E-state index in [9.17, 15) is 0 Å². The normalized spacial score (nSPS) is 17.9. The summed E-state index contributed by atoms with van der Waals surface area (Å²) in [5, 5.41) is 8.00. The Hall–Kier alpha value is -2.40. The highest BCUT2D eigenvalue weighted by Crippen LogP contribution is 2.27. The third-order valence-corrected chi connectivity index (χ3v) is 4.19. The van der Waals surface area contributed by atoms with Crippen molar-refractivity contribution in [3.05, 3.63) is 42.7 Å². The third-order valence-electron chi connectivity index (χ3n) is 4.19. The van der Waals surface area contributed by atoms with E-state index in [0.717, 1.165) is 29.9 Å². The highest BCUT2D eigenvalue weighted by Gasteiger charge is 2.14. The van der Waals surface area contributed by atoms with Gasteiger partial charge in [-0.25, -0.2) is 9.97 Å². The predicted molar refractivity (Wildman–Crippen MR) is 88.8 cm³/mol. The fourth-order valence-electron chi connectivity index (χ4n) is 3.02. The van der Waals surface area contributed by atoms with Gasteiger partial charge in [-0.05, 0) is 31.5 Å². The van der Waals surface area contributed by atoms with E-state index in [0.29, 0.717) is 12.0 Å². The van der Waals surface area contributed by atoms with Crippen LogP contribution in [0.2, 0.25) is 0 Å². The van der Waals surface area contributed by atoms with Crippen LogP contribution in [0.3, 0.4) is 0 Å². The van der Waals surface area contributed by atoms with Crippen molar-refractivity contribution >= 4 is 16.9 Å². The van der Waals surface area contributed by atoms with Crippen molar-refractivity contribution in [2.45, 2.75) is 18.9 Å². The lowest BCUT2D eigenvalue weighted by Crippen LogP contribution is -2.29. The van der Waals surface area contributed by atoms with Crippen molar-refractivity contribution in [1.29, 1.82) is 0 Å². The van der Waals surface area contributed by atoms with Crippen molar-refractivity contribution in [3.63, 3.8) is 0 Å². The zero-order chi connectivity index (χ0) is 14.8. The molecule has 0 aliphatic carbocycles. The first-order valence-electron chi connectivity index (χ1n) is 7.77. The number of hydrogen-bond donors (Lipinski definition) is 3. The molecule has 1 saturated heterocycles. The van der Waals surface area contributed by atoms with Gasteiger partial charge in [0, 0.05) is 41.4 Å². The highest BCUT2D eigenvalue weighted by atomic mass is 15.1. The number of benzene rings is 1. The minimum atomic E-state index is 0.528. The van der Waals surface area contributed by atoms with Crippen LogP contribution < -0.4 is 10.6 Å². The predicted octanol–water partition coefficient (Wildman–Crippen LogP) is 2.79.